The summed E-state index contributed by atoms with van der Waals surface area (Å²) in [4.78, 5) is 1.89. The van der Waals surface area contributed by atoms with Gasteiger partial charge in [0.05, 0.1) is 5.69 Å². The van der Waals surface area contributed by atoms with Gasteiger partial charge in [-0.1, -0.05) is 34.1 Å². The lowest BCUT2D eigenvalue weighted by molar-refractivity contribution is 0.617. The Morgan fingerprint density at radius 1 is 1.25 bits per heavy atom. The van der Waals surface area contributed by atoms with Crippen molar-refractivity contribution in [2.75, 3.05) is 11.9 Å². The first-order chi connectivity index (χ1) is 9.47. The average molecular weight is 337 g/mol. The number of anilines is 1. The number of halogens is 2. The van der Waals surface area contributed by atoms with Gasteiger partial charge in [-0.15, -0.1) is 0 Å². The molecule has 0 spiro atoms. The highest BCUT2D eigenvalue weighted by Gasteiger charge is 2.10. The van der Waals surface area contributed by atoms with Gasteiger partial charge >= 0.3 is 0 Å². The van der Waals surface area contributed by atoms with E-state index in [2.05, 4.69) is 15.9 Å². The molecular formula is C16H18BrFN2. The third kappa shape index (κ3) is 3.58. The Morgan fingerprint density at radius 3 is 2.60 bits per heavy atom. The van der Waals surface area contributed by atoms with Crippen LogP contribution in [0.3, 0.4) is 0 Å². The molecule has 2 nitrogen and oxygen atoms in total. The third-order valence-corrected chi connectivity index (χ3v) is 3.71. The molecule has 0 heterocycles. The van der Waals surface area contributed by atoms with Gasteiger partial charge in [0.15, 0.2) is 0 Å². The van der Waals surface area contributed by atoms with E-state index in [9.17, 15) is 4.39 Å². The maximum atomic E-state index is 14.1. The molecule has 0 bridgehead atoms. The highest BCUT2D eigenvalue weighted by molar-refractivity contribution is 9.10. The summed E-state index contributed by atoms with van der Waals surface area (Å²) < 4.78 is 15.2. The van der Waals surface area contributed by atoms with Crippen molar-refractivity contribution < 1.29 is 4.39 Å². The molecule has 106 valence electrons. The van der Waals surface area contributed by atoms with E-state index in [-0.39, 0.29) is 11.9 Å². The van der Waals surface area contributed by atoms with Crippen LogP contribution >= 0.6 is 15.9 Å². The summed E-state index contributed by atoms with van der Waals surface area (Å²) in [7, 11) is 1.88. The van der Waals surface area contributed by atoms with E-state index in [0.29, 0.717) is 12.2 Å². The quantitative estimate of drug-likeness (QED) is 0.904. The molecule has 2 aromatic carbocycles. The van der Waals surface area contributed by atoms with Crippen LogP contribution in [0.1, 0.15) is 24.1 Å². The van der Waals surface area contributed by atoms with Crippen molar-refractivity contribution in [2.45, 2.75) is 19.5 Å². The Kier molecular flexibility index (Phi) is 4.78. The van der Waals surface area contributed by atoms with Crippen molar-refractivity contribution in [1.82, 2.24) is 0 Å². The lowest BCUT2D eigenvalue weighted by atomic mass is 10.1. The predicted octanol–water partition coefficient (Wildman–Crippen LogP) is 4.24. The second kappa shape index (κ2) is 6.37. The van der Waals surface area contributed by atoms with E-state index >= 15 is 0 Å². The van der Waals surface area contributed by atoms with Crippen molar-refractivity contribution in [2.24, 2.45) is 5.73 Å². The summed E-state index contributed by atoms with van der Waals surface area (Å²) in [6.45, 7) is 2.49. The zero-order chi connectivity index (χ0) is 14.7. The highest BCUT2D eigenvalue weighted by atomic mass is 79.9. The van der Waals surface area contributed by atoms with E-state index in [1.807, 2.05) is 49.2 Å². The SMILES string of the molecule is C[C@@H](N)c1ccc(N(C)Cc2cccc(Br)c2)c(F)c1. The molecule has 0 aliphatic rings. The molecule has 20 heavy (non-hydrogen) atoms. The molecule has 0 saturated heterocycles. The normalized spacial score (nSPS) is 12.2. The minimum Gasteiger partial charge on any atom is -0.368 e. The van der Waals surface area contributed by atoms with Crippen LogP contribution in [0.25, 0.3) is 0 Å². The second-order valence-electron chi connectivity index (χ2n) is 4.99. The van der Waals surface area contributed by atoms with Crippen LogP contribution in [-0.4, -0.2) is 7.05 Å². The number of hydrogen-bond acceptors (Lipinski definition) is 2. The summed E-state index contributed by atoms with van der Waals surface area (Å²) >= 11 is 3.44. The summed E-state index contributed by atoms with van der Waals surface area (Å²) in [5, 5.41) is 0. The van der Waals surface area contributed by atoms with Gasteiger partial charge in [-0.05, 0) is 42.3 Å². The third-order valence-electron chi connectivity index (χ3n) is 3.22. The fourth-order valence-corrected chi connectivity index (χ4v) is 2.56. The first kappa shape index (κ1) is 15.0. The molecule has 1 atom stereocenters. The Hall–Kier alpha value is -1.39. The van der Waals surface area contributed by atoms with Crippen LogP contribution in [0, 0.1) is 5.82 Å². The van der Waals surface area contributed by atoms with Crippen molar-refractivity contribution >= 4 is 21.6 Å². The Morgan fingerprint density at radius 2 is 2.00 bits per heavy atom. The molecule has 0 radical (unpaired) electrons. The van der Waals surface area contributed by atoms with Crippen LogP contribution in [0.4, 0.5) is 10.1 Å². The van der Waals surface area contributed by atoms with Gasteiger partial charge in [0.2, 0.25) is 0 Å². The van der Waals surface area contributed by atoms with E-state index in [1.54, 1.807) is 6.07 Å². The number of benzene rings is 2. The lowest BCUT2D eigenvalue weighted by Gasteiger charge is -2.21. The van der Waals surface area contributed by atoms with E-state index in [1.165, 1.54) is 6.07 Å². The molecule has 0 aliphatic heterocycles. The van der Waals surface area contributed by atoms with Crippen LogP contribution in [-0.2, 0) is 6.54 Å². The van der Waals surface area contributed by atoms with Crippen molar-refractivity contribution in [3.63, 3.8) is 0 Å². The molecule has 2 rings (SSSR count). The van der Waals surface area contributed by atoms with E-state index in [4.69, 9.17) is 5.73 Å². The van der Waals surface area contributed by atoms with Gasteiger partial charge < -0.3 is 10.6 Å². The molecule has 0 aliphatic carbocycles. The fraction of sp³-hybridized carbons (Fsp3) is 0.250. The Balaban J connectivity index is 2.19. The van der Waals surface area contributed by atoms with E-state index < -0.39 is 0 Å². The van der Waals surface area contributed by atoms with Crippen LogP contribution in [0.2, 0.25) is 0 Å². The van der Waals surface area contributed by atoms with Gasteiger partial charge in [-0.3, -0.25) is 0 Å². The molecule has 4 heteroatoms. The number of nitrogens with zero attached hydrogens (tertiary/aromatic N) is 1. The van der Waals surface area contributed by atoms with Crippen LogP contribution in [0.15, 0.2) is 46.9 Å². The summed E-state index contributed by atoms with van der Waals surface area (Å²) in [6.07, 6.45) is 0. The fourth-order valence-electron chi connectivity index (χ4n) is 2.11. The smallest absolute Gasteiger partial charge is 0.146 e. The number of rotatable bonds is 4. The molecule has 2 N–H and O–H groups in total. The first-order valence-electron chi connectivity index (χ1n) is 6.48. The van der Waals surface area contributed by atoms with Crippen LogP contribution in [0.5, 0.6) is 0 Å². The van der Waals surface area contributed by atoms with Crippen LogP contribution < -0.4 is 10.6 Å². The lowest BCUT2D eigenvalue weighted by Crippen LogP contribution is -2.18. The van der Waals surface area contributed by atoms with Crippen molar-refractivity contribution in [1.29, 1.82) is 0 Å². The summed E-state index contributed by atoms with van der Waals surface area (Å²) in [5.41, 5.74) is 8.27. The maximum absolute atomic E-state index is 14.1. The number of hydrogen-bond donors (Lipinski definition) is 1. The predicted molar refractivity (Wildman–Crippen MR) is 85.3 cm³/mol. The van der Waals surface area contributed by atoms with Crippen molar-refractivity contribution in [3.05, 3.63) is 63.9 Å². The summed E-state index contributed by atoms with van der Waals surface area (Å²) in [5.74, 6) is -0.239. The maximum Gasteiger partial charge on any atom is 0.146 e. The molecule has 0 saturated carbocycles. The van der Waals surface area contributed by atoms with Gasteiger partial charge in [-0.25, -0.2) is 4.39 Å². The first-order valence-corrected chi connectivity index (χ1v) is 7.27. The van der Waals surface area contributed by atoms with Gasteiger partial charge in [0.1, 0.15) is 5.82 Å². The van der Waals surface area contributed by atoms with Crippen molar-refractivity contribution in [3.8, 4) is 0 Å². The number of nitrogens with two attached hydrogens (primary N) is 1. The van der Waals surface area contributed by atoms with Gasteiger partial charge in [0.25, 0.3) is 0 Å². The van der Waals surface area contributed by atoms with E-state index in [0.717, 1.165) is 15.6 Å². The monoisotopic (exact) mass is 336 g/mol. The zero-order valence-electron chi connectivity index (χ0n) is 11.6. The highest BCUT2D eigenvalue weighted by Crippen LogP contribution is 2.23. The average Bonchev–Trinajstić information content (AvgIpc) is 2.38. The Labute approximate surface area is 127 Å². The molecular weight excluding hydrogens is 319 g/mol. The molecule has 0 fully saturated rings. The molecule has 0 amide bonds. The standard InChI is InChI=1S/C16H18BrFN2/c1-11(19)13-6-7-16(15(18)9-13)20(2)10-12-4-3-5-14(17)8-12/h3-9,11H,10,19H2,1-2H3/t11-/m1/s1. The largest absolute Gasteiger partial charge is 0.368 e. The minimum atomic E-state index is -0.239. The van der Waals surface area contributed by atoms with Gasteiger partial charge in [-0.2, -0.15) is 0 Å². The molecule has 0 aromatic heterocycles. The topological polar surface area (TPSA) is 29.3 Å². The minimum absolute atomic E-state index is 0.158. The molecule has 2 aromatic rings. The Bertz CT molecular complexity index is 599. The second-order valence-corrected chi connectivity index (χ2v) is 5.90. The summed E-state index contributed by atoms with van der Waals surface area (Å²) in [6, 6.07) is 13.0. The van der Waals surface area contributed by atoms with Gasteiger partial charge in [0, 0.05) is 24.1 Å². The zero-order valence-corrected chi connectivity index (χ0v) is 13.2. The molecule has 0 unspecified atom stereocenters.